The number of rotatable bonds is 7. The van der Waals surface area contributed by atoms with Gasteiger partial charge in [-0.25, -0.2) is 4.79 Å². The zero-order valence-corrected chi connectivity index (χ0v) is 12.2. The molecule has 2 amide bonds. The molecule has 5 nitrogen and oxygen atoms in total. The van der Waals surface area contributed by atoms with Crippen molar-refractivity contribution >= 4 is 6.03 Å². The summed E-state index contributed by atoms with van der Waals surface area (Å²) in [5.41, 5.74) is 0.0668. The molecule has 0 spiro atoms. The predicted octanol–water partition coefficient (Wildman–Crippen LogP) is 1.51. The Kier molecular flexibility index (Phi) is 7.95. The summed E-state index contributed by atoms with van der Waals surface area (Å²) in [6.07, 6.45) is 1.54. The van der Waals surface area contributed by atoms with Crippen LogP contribution in [0, 0.1) is 5.41 Å². The van der Waals surface area contributed by atoms with Gasteiger partial charge in [-0.1, -0.05) is 27.7 Å². The SMILES string of the molecule is CCC(COC)NC(=O)NC(CO)CC(C)(C)C. The van der Waals surface area contributed by atoms with Crippen molar-refractivity contribution < 1.29 is 14.6 Å². The Labute approximate surface area is 110 Å². The van der Waals surface area contributed by atoms with E-state index >= 15 is 0 Å². The highest BCUT2D eigenvalue weighted by Crippen LogP contribution is 2.20. The van der Waals surface area contributed by atoms with Crippen LogP contribution < -0.4 is 10.6 Å². The first-order valence-corrected chi connectivity index (χ1v) is 6.49. The number of carbonyl (C=O) groups is 1. The smallest absolute Gasteiger partial charge is 0.315 e. The standard InChI is InChI=1S/C13H28N2O3/c1-6-10(9-18-5)14-12(17)15-11(8-16)7-13(2,3)4/h10-11,16H,6-9H2,1-5H3,(H2,14,15,17). The predicted molar refractivity (Wildman–Crippen MR) is 72.6 cm³/mol. The van der Waals surface area contributed by atoms with E-state index < -0.39 is 0 Å². The van der Waals surface area contributed by atoms with Crippen molar-refractivity contribution in [2.24, 2.45) is 5.41 Å². The maximum Gasteiger partial charge on any atom is 0.315 e. The van der Waals surface area contributed by atoms with Gasteiger partial charge in [-0.2, -0.15) is 0 Å². The molecule has 0 fully saturated rings. The topological polar surface area (TPSA) is 70.6 Å². The van der Waals surface area contributed by atoms with Crippen LogP contribution in [0.4, 0.5) is 4.79 Å². The summed E-state index contributed by atoms with van der Waals surface area (Å²) in [5.74, 6) is 0. The molecule has 18 heavy (non-hydrogen) atoms. The number of methoxy groups -OCH3 is 1. The van der Waals surface area contributed by atoms with E-state index in [1.807, 2.05) is 6.92 Å². The number of urea groups is 1. The Morgan fingerprint density at radius 1 is 1.28 bits per heavy atom. The second kappa shape index (κ2) is 8.32. The number of nitrogens with one attached hydrogen (secondary N) is 2. The van der Waals surface area contributed by atoms with Crippen molar-refractivity contribution in [2.45, 2.75) is 52.6 Å². The monoisotopic (exact) mass is 260 g/mol. The van der Waals surface area contributed by atoms with Crippen LogP contribution in [0.25, 0.3) is 0 Å². The van der Waals surface area contributed by atoms with Gasteiger partial charge in [-0.05, 0) is 18.3 Å². The van der Waals surface area contributed by atoms with Crippen LogP contribution in [0.1, 0.15) is 40.5 Å². The molecule has 0 aromatic rings. The van der Waals surface area contributed by atoms with Crippen LogP contribution in [0.5, 0.6) is 0 Å². The number of aliphatic hydroxyl groups is 1. The van der Waals surface area contributed by atoms with Gasteiger partial charge in [0.25, 0.3) is 0 Å². The molecule has 0 aliphatic heterocycles. The minimum absolute atomic E-state index is 0.00368. The molecule has 0 aliphatic carbocycles. The molecule has 5 heteroatoms. The van der Waals surface area contributed by atoms with E-state index in [0.29, 0.717) is 6.61 Å². The van der Waals surface area contributed by atoms with Crippen molar-refractivity contribution in [3.63, 3.8) is 0 Å². The van der Waals surface area contributed by atoms with Crippen LogP contribution in [-0.4, -0.2) is 43.5 Å². The zero-order valence-electron chi connectivity index (χ0n) is 12.2. The Bertz CT molecular complexity index is 239. The lowest BCUT2D eigenvalue weighted by atomic mass is 9.88. The van der Waals surface area contributed by atoms with Gasteiger partial charge in [0.05, 0.1) is 25.3 Å². The molecule has 0 saturated carbocycles. The average Bonchev–Trinajstić information content (AvgIpc) is 2.25. The second-order valence-electron chi connectivity index (χ2n) is 5.82. The Morgan fingerprint density at radius 3 is 2.22 bits per heavy atom. The molecular formula is C13H28N2O3. The van der Waals surface area contributed by atoms with Crippen LogP contribution in [0.15, 0.2) is 0 Å². The number of ether oxygens (including phenoxy) is 1. The van der Waals surface area contributed by atoms with Gasteiger partial charge in [0.2, 0.25) is 0 Å². The van der Waals surface area contributed by atoms with Gasteiger partial charge in [0.1, 0.15) is 0 Å². The number of amides is 2. The summed E-state index contributed by atoms with van der Waals surface area (Å²) < 4.78 is 5.02. The molecule has 0 rings (SSSR count). The fraction of sp³-hybridized carbons (Fsp3) is 0.923. The summed E-state index contributed by atoms with van der Waals surface area (Å²) in [5, 5.41) is 14.9. The van der Waals surface area contributed by atoms with Crippen LogP contribution in [0.3, 0.4) is 0 Å². The van der Waals surface area contributed by atoms with E-state index in [1.165, 1.54) is 0 Å². The van der Waals surface area contributed by atoms with Gasteiger partial charge >= 0.3 is 6.03 Å². The highest BCUT2D eigenvalue weighted by Gasteiger charge is 2.20. The first kappa shape index (κ1) is 17.2. The Hall–Kier alpha value is -0.810. The van der Waals surface area contributed by atoms with Crippen molar-refractivity contribution in [3.8, 4) is 0 Å². The molecule has 2 unspecified atom stereocenters. The first-order valence-electron chi connectivity index (χ1n) is 6.49. The molecule has 0 aromatic carbocycles. The van der Waals surface area contributed by atoms with Crippen molar-refractivity contribution in [3.05, 3.63) is 0 Å². The summed E-state index contributed by atoms with van der Waals surface area (Å²) in [7, 11) is 1.61. The lowest BCUT2D eigenvalue weighted by Gasteiger charge is -2.26. The summed E-state index contributed by atoms with van der Waals surface area (Å²) in [4.78, 5) is 11.8. The molecule has 108 valence electrons. The summed E-state index contributed by atoms with van der Waals surface area (Å²) >= 11 is 0. The Balaban J connectivity index is 4.18. The van der Waals surface area contributed by atoms with Gasteiger partial charge in [-0.15, -0.1) is 0 Å². The molecule has 3 N–H and O–H groups in total. The normalized spacial score (nSPS) is 15.0. The van der Waals surface area contributed by atoms with Crippen molar-refractivity contribution in [1.29, 1.82) is 0 Å². The maximum atomic E-state index is 11.8. The molecule has 0 radical (unpaired) electrons. The average molecular weight is 260 g/mol. The molecule has 2 atom stereocenters. The van der Waals surface area contributed by atoms with E-state index in [4.69, 9.17) is 4.74 Å². The van der Waals surface area contributed by atoms with Crippen molar-refractivity contribution in [2.75, 3.05) is 20.3 Å². The lowest BCUT2D eigenvalue weighted by Crippen LogP contribution is -2.49. The fourth-order valence-electron chi connectivity index (χ4n) is 1.78. The molecule has 0 saturated heterocycles. The summed E-state index contributed by atoms with van der Waals surface area (Å²) in [6.45, 7) is 8.67. The van der Waals surface area contributed by atoms with Crippen LogP contribution >= 0.6 is 0 Å². The van der Waals surface area contributed by atoms with Gasteiger partial charge < -0.3 is 20.5 Å². The number of aliphatic hydroxyl groups excluding tert-OH is 1. The van der Waals surface area contributed by atoms with Gasteiger partial charge in [0.15, 0.2) is 0 Å². The van der Waals surface area contributed by atoms with E-state index in [1.54, 1.807) is 7.11 Å². The van der Waals surface area contributed by atoms with E-state index in [2.05, 4.69) is 31.4 Å². The number of carbonyl (C=O) groups excluding carboxylic acids is 1. The fourth-order valence-corrected chi connectivity index (χ4v) is 1.78. The number of hydrogen-bond donors (Lipinski definition) is 3. The highest BCUT2D eigenvalue weighted by molar-refractivity contribution is 5.74. The molecule has 0 aromatic heterocycles. The molecular weight excluding hydrogens is 232 g/mol. The molecule has 0 bridgehead atoms. The minimum Gasteiger partial charge on any atom is -0.394 e. The quantitative estimate of drug-likeness (QED) is 0.650. The summed E-state index contributed by atoms with van der Waals surface area (Å²) in [6, 6.07) is -0.462. The zero-order chi connectivity index (χ0) is 14.2. The van der Waals surface area contributed by atoms with E-state index in [0.717, 1.165) is 12.8 Å². The maximum absolute atomic E-state index is 11.8. The van der Waals surface area contributed by atoms with Crippen molar-refractivity contribution in [1.82, 2.24) is 10.6 Å². The number of hydrogen-bond acceptors (Lipinski definition) is 3. The molecule has 0 heterocycles. The van der Waals surface area contributed by atoms with E-state index in [-0.39, 0.29) is 30.1 Å². The van der Waals surface area contributed by atoms with Crippen LogP contribution in [0.2, 0.25) is 0 Å². The Morgan fingerprint density at radius 2 is 1.83 bits per heavy atom. The third-order valence-corrected chi connectivity index (χ3v) is 2.61. The third-order valence-electron chi connectivity index (χ3n) is 2.61. The first-order chi connectivity index (χ1) is 8.32. The largest absolute Gasteiger partial charge is 0.394 e. The third kappa shape index (κ3) is 8.31. The minimum atomic E-state index is -0.248. The second-order valence-corrected chi connectivity index (χ2v) is 5.82. The van der Waals surface area contributed by atoms with Gasteiger partial charge in [0, 0.05) is 7.11 Å². The lowest BCUT2D eigenvalue weighted by molar-refractivity contribution is 0.158. The highest BCUT2D eigenvalue weighted by atomic mass is 16.5. The molecule has 0 aliphatic rings. The van der Waals surface area contributed by atoms with E-state index in [9.17, 15) is 9.90 Å². The van der Waals surface area contributed by atoms with Gasteiger partial charge in [-0.3, -0.25) is 0 Å². The van der Waals surface area contributed by atoms with Crippen LogP contribution in [-0.2, 0) is 4.74 Å².